The molecule has 0 aromatic heterocycles. The second-order valence-corrected chi connectivity index (χ2v) is 7.18. The van der Waals surface area contributed by atoms with E-state index in [0.29, 0.717) is 16.6 Å². The Bertz CT molecular complexity index is 865. The summed E-state index contributed by atoms with van der Waals surface area (Å²) in [5, 5.41) is 5.54. The minimum absolute atomic E-state index is 0.0579. The van der Waals surface area contributed by atoms with Crippen molar-refractivity contribution in [3.8, 4) is 5.75 Å². The van der Waals surface area contributed by atoms with Gasteiger partial charge in [-0.3, -0.25) is 9.59 Å². The summed E-state index contributed by atoms with van der Waals surface area (Å²) in [4.78, 5) is 28.9. The molecular weight excluding hydrogens is 362 g/mol. The molecule has 0 spiro atoms. The number of carbonyl (C=O) groups excluding carboxylic acids is 2. The van der Waals surface area contributed by atoms with Crippen molar-refractivity contribution in [1.82, 2.24) is 5.32 Å². The van der Waals surface area contributed by atoms with E-state index < -0.39 is 5.25 Å². The van der Waals surface area contributed by atoms with Gasteiger partial charge in [0.15, 0.2) is 5.17 Å². The molecule has 3 rings (SSSR count). The molecular formula is C20H21N3O3S. The van der Waals surface area contributed by atoms with Gasteiger partial charge in [-0.05, 0) is 36.2 Å². The van der Waals surface area contributed by atoms with Crippen molar-refractivity contribution >= 4 is 40.1 Å². The molecule has 1 atom stereocenters. The summed E-state index contributed by atoms with van der Waals surface area (Å²) in [5.74, 6) is 0.118. The molecule has 1 aliphatic rings. The summed E-state index contributed by atoms with van der Waals surface area (Å²) in [6.45, 7) is 2.09. The number of amides is 2. The van der Waals surface area contributed by atoms with Crippen LogP contribution in [-0.2, 0) is 16.0 Å². The van der Waals surface area contributed by atoms with Crippen molar-refractivity contribution < 1.29 is 14.3 Å². The van der Waals surface area contributed by atoms with Gasteiger partial charge in [0.25, 0.3) is 0 Å². The lowest BCUT2D eigenvalue weighted by Gasteiger charge is -2.10. The van der Waals surface area contributed by atoms with E-state index in [2.05, 4.69) is 22.5 Å². The largest absolute Gasteiger partial charge is 0.495 e. The highest BCUT2D eigenvalue weighted by Gasteiger charge is 2.32. The molecule has 27 heavy (non-hydrogen) atoms. The fraction of sp³-hybridized carbons (Fsp3) is 0.250. The molecule has 6 nitrogen and oxygen atoms in total. The van der Waals surface area contributed by atoms with Crippen molar-refractivity contribution in [3.63, 3.8) is 0 Å². The average Bonchev–Trinajstić information content (AvgIpc) is 3.01. The van der Waals surface area contributed by atoms with Gasteiger partial charge in [0, 0.05) is 6.42 Å². The van der Waals surface area contributed by atoms with Crippen LogP contribution >= 0.6 is 11.8 Å². The first kappa shape index (κ1) is 19.0. The number of aryl methyl sites for hydroxylation is 1. The van der Waals surface area contributed by atoms with Crippen LogP contribution in [0.3, 0.4) is 0 Å². The summed E-state index contributed by atoms with van der Waals surface area (Å²) in [5.41, 5.74) is 2.58. The Morgan fingerprint density at radius 2 is 1.96 bits per heavy atom. The minimum Gasteiger partial charge on any atom is -0.495 e. The lowest BCUT2D eigenvalue weighted by Crippen LogP contribution is -2.28. The van der Waals surface area contributed by atoms with E-state index in [1.807, 2.05) is 36.4 Å². The molecule has 7 heteroatoms. The van der Waals surface area contributed by atoms with Crippen molar-refractivity contribution in [2.45, 2.75) is 25.0 Å². The molecule has 2 aromatic carbocycles. The number of amidine groups is 1. The van der Waals surface area contributed by atoms with Crippen LogP contribution in [0.4, 0.5) is 11.4 Å². The van der Waals surface area contributed by atoms with Crippen molar-refractivity contribution in [2.24, 2.45) is 4.99 Å². The number of anilines is 1. The molecule has 0 radical (unpaired) electrons. The van der Waals surface area contributed by atoms with E-state index in [-0.39, 0.29) is 18.2 Å². The zero-order valence-corrected chi connectivity index (χ0v) is 16.0. The van der Waals surface area contributed by atoms with Gasteiger partial charge in [-0.2, -0.15) is 0 Å². The Kier molecular flexibility index (Phi) is 6.13. The number of thioether (sulfide) groups is 1. The molecule has 140 valence electrons. The average molecular weight is 383 g/mol. The second kappa shape index (κ2) is 8.73. The zero-order valence-electron chi connectivity index (χ0n) is 15.2. The maximum atomic E-state index is 12.3. The van der Waals surface area contributed by atoms with E-state index in [1.54, 1.807) is 19.2 Å². The Hall–Kier alpha value is -2.80. The quantitative estimate of drug-likeness (QED) is 0.800. The molecule has 1 heterocycles. The standard InChI is InChI=1S/C20H21N3O3S/c1-3-13-8-10-14(11-9-13)21-20-23-19(25)17(27-20)12-18(24)22-15-6-4-5-7-16(15)26-2/h4-11,17H,3,12H2,1-2H3,(H,22,24)(H,21,23,25). The van der Waals surface area contributed by atoms with E-state index in [1.165, 1.54) is 17.3 Å². The predicted molar refractivity (Wildman–Crippen MR) is 109 cm³/mol. The van der Waals surface area contributed by atoms with Gasteiger partial charge in [-0.1, -0.05) is 43.0 Å². The highest BCUT2D eigenvalue weighted by Crippen LogP contribution is 2.27. The maximum absolute atomic E-state index is 12.3. The van der Waals surface area contributed by atoms with Crippen molar-refractivity contribution in [1.29, 1.82) is 0 Å². The second-order valence-electron chi connectivity index (χ2n) is 5.99. The normalized spacial score (nSPS) is 17.6. The molecule has 0 aliphatic carbocycles. The number of benzene rings is 2. The Morgan fingerprint density at radius 3 is 2.67 bits per heavy atom. The van der Waals surface area contributed by atoms with Gasteiger partial charge in [0.1, 0.15) is 11.0 Å². The SMILES string of the molecule is CCc1ccc(N=C2NC(=O)C(CC(=O)Nc3ccccc3OC)S2)cc1. The summed E-state index contributed by atoms with van der Waals surface area (Å²) in [7, 11) is 1.54. The van der Waals surface area contributed by atoms with Crippen LogP contribution in [0.15, 0.2) is 53.5 Å². The number of carbonyl (C=O) groups is 2. The smallest absolute Gasteiger partial charge is 0.240 e. The number of nitrogens with one attached hydrogen (secondary N) is 2. The van der Waals surface area contributed by atoms with Gasteiger partial charge in [0.05, 0.1) is 18.5 Å². The molecule has 0 bridgehead atoms. The third kappa shape index (κ3) is 4.89. The molecule has 1 fully saturated rings. The van der Waals surface area contributed by atoms with Crippen LogP contribution in [0.25, 0.3) is 0 Å². The van der Waals surface area contributed by atoms with Crippen LogP contribution in [-0.4, -0.2) is 29.3 Å². The van der Waals surface area contributed by atoms with Crippen LogP contribution in [0.1, 0.15) is 18.9 Å². The maximum Gasteiger partial charge on any atom is 0.240 e. The van der Waals surface area contributed by atoms with Crippen LogP contribution in [0, 0.1) is 0 Å². The van der Waals surface area contributed by atoms with E-state index >= 15 is 0 Å². The monoisotopic (exact) mass is 383 g/mol. The Balaban J connectivity index is 1.61. The predicted octanol–water partition coefficient (Wildman–Crippen LogP) is 3.51. The summed E-state index contributed by atoms with van der Waals surface area (Å²) in [6, 6.07) is 15.0. The highest BCUT2D eigenvalue weighted by atomic mass is 32.2. The molecule has 1 unspecified atom stereocenters. The van der Waals surface area contributed by atoms with Crippen molar-refractivity contribution in [2.75, 3.05) is 12.4 Å². The summed E-state index contributed by atoms with van der Waals surface area (Å²) >= 11 is 1.27. The third-order valence-corrected chi connectivity index (χ3v) is 5.19. The van der Waals surface area contributed by atoms with Gasteiger partial charge >= 0.3 is 0 Å². The molecule has 0 saturated carbocycles. The first-order valence-electron chi connectivity index (χ1n) is 8.67. The summed E-state index contributed by atoms with van der Waals surface area (Å²) < 4.78 is 5.22. The Morgan fingerprint density at radius 1 is 1.22 bits per heavy atom. The number of methoxy groups -OCH3 is 1. The van der Waals surface area contributed by atoms with Crippen LogP contribution in [0.5, 0.6) is 5.75 Å². The topological polar surface area (TPSA) is 79.8 Å². The van der Waals surface area contributed by atoms with Crippen LogP contribution < -0.4 is 15.4 Å². The van der Waals surface area contributed by atoms with E-state index in [9.17, 15) is 9.59 Å². The number of rotatable bonds is 6. The molecule has 2 aromatic rings. The number of ether oxygens (including phenoxy) is 1. The molecule has 2 amide bonds. The molecule has 2 N–H and O–H groups in total. The number of hydrogen-bond acceptors (Lipinski definition) is 5. The van der Waals surface area contributed by atoms with Gasteiger partial charge < -0.3 is 15.4 Å². The minimum atomic E-state index is -0.506. The lowest BCUT2D eigenvalue weighted by atomic mass is 10.2. The number of nitrogens with zero attached hydrogens (tertiary/aromatic N) is 1. The van der Waals surface area contributed by atoms with E-state index in [4.69, 9.17) is 4.74 Å². The number of para-hydroxylation sites is 2. The number of aliphatic imine (C=N–C) groups is 1. The first-order chi connectivity index (χ1) is 13.1. The van der Waals surface area contributed by atoms with Gasteiger partial charge in [-0.15, -0.1) is 0 Å². The van der Waals surface area contributed by atoms with Crippen LogP contribution in [0.2, 0.25) is 0 Å². The van der Waals surface area contributed by atoms with Gasteiger partial charge in [-0.25, -0.2) is 4.99 Å². The fourth-order valence-corrected chi connectivity index (χ4v) is 3.62. The van der Waals surface area contributed by atoms with Crippen molar-refractivity contribution in [3.05, 3.63) is 54.1 Å². The van der Waals surface area contributed by atoms with Gasteiger partial charge in [0.2, 0.25) is 11.8 Å². The Labute approximate surface area is 162 Å². The highest BCUT2D eigenvalue weighted by molar-refractivity contribution is 8.15. The first-order valence-corrected chi connectivity index (χ1v) is 9.55. The fourth-order valence-electron chi connectivity index (χ4n) is 2.63. The third-order valence-electron chi connectivity index (χ3n) is 4.10. The lowest BCUT2D eigenvalue weighted by molar-refractivity contribution is -0.122. The van der Waals surface area contributed by atoms with E-state index in [0.717, 1.165) is 12.1 Å². The number of hydrogen-bond donors (Lipinski definition) is 2. The molecule has 1 aliphatic heterocycles. The molecule has 1 saturated heterocycles. The zero-order chi connectivity index (χ0) is 19.2. The summed E-state index contributed by atoms with van der Waals surface area (Å²) in [6.07, 6.45) is 1.02.